The smallest absolute Gasteiger partial charge is 0.227 e. The van der Waals surface area contributed by atoms with Crippen LogP contribution >= 0.6 is 43.5 Å². The number of benzene rings is 2. The normalized spacial score (nSPS) is 10.8. The lowest BCUT2D eigenvalue weighted by molar-refractivity contribution is 0.466. The van der Waals surface area contributed by atoms with E-state index in [-0.39, 0.29) is 0 Å². The molecule has 0 aliphatic heterocycles. The van der Waals surface area contributed by atoms with E-state index in [2.05, 4.69) is 36.8 Å². The van der Waals surface area contributed by atoms with Crippen molar-refractivity contribution in [3.8, 4) is 11.6 Å². The number of pyridine rings is 1. The van der Waals surface area contributed by atoms with Gasteiger partial charge in [-0.25, -0.2) is 4.98 Å². The van der Waals surface area contributed by atoms with E-state index in [0.29, 0.717) is 11.8 Å². The molecular formula is C16H10Br2ClNO. The molecule has 1 aromatic heterocycles. The Morgan fingerprint density at radius 2 is 1.81 bits per heavy atom. The standard InChI is InChI=1S/C16H10Br2ClNO/c17-11-5-6-15(14(18)7-11)21-16-13-4-2-1-3-12(13)10(8-19)9-20-16/h1-7,9H,8H2. The lowest BCUT2D eigenvalue weighted by atomic mass is 10.1. The van der Waals surface area contributed by atoms with Crippen molar-refractivity contribution in [2.75, 3.05) is 0 Å². The van der Waals surface area contributed by atoms with Gasteiger partial charge in [-0.15, -0.1) is 11.6 Å². The Balaban J connectivity index is 2.09. The van der Waals surface area contributed by atoms with Gasteiger partial charge in [0, 0.05) is 21.9 Å². The Hall–Kier alpha value is -1.10. The minimum absolute atomic E-state index is 0.426. The Bertz CT molecular complexity index is 807. The average Bonchev–Trinajstić information content (AvgIpc) is 2.50. The highest BCUT2D eigenvalue weighted by Crippen LogP contribution is 2.35. The Morgan fingerprint density at radius 1 is 1.05 bits per heavy atom. The Labute approximate surface area is 144 Å². The summed E-state index contributed by atoms with van der Waals surface area (Å²) in [5.41, 5.74) is 0.995. The van der Waals surface area contributed by atoms with Gasteiger partial charge in [0.25, 0.3) is 0 Å². The second-order valence-electron chi connectivity index (χ2n) is 4.44. The first kappa shape index (κ1) is 14.8. The third kappa shape index (κ3) is 3.07. The van der Waals surface area contributed by atoms with Gasteiger partial charge in [0.05, 0.1) is 4.47 Å². The molecule has 2 nitrogen and oxygen atoms in total. The van der Waals surface area contributed by atoms with E-state index in [1.165, 1.54) is 0 Å². The molecule has 0 fully saturated rings. The summed E-state index contributed by atoms with van der Waals surface area (Å²) in [6.07, 6.45) is 1.76. The summed E-state index contributed by atoms with van der Waals surface area (Å²) in [5.74, 6) is 1.72. The van der Waals surface area contributed by atoms with E-state index >= 15 is 0 Å². The number of halogens is 3. The SMILES string of the molecule is ClCc1cnc(Oc2ccc(Br)cc2Br)c2ccccc12. The minimum Gasteiger partial charge on any atom is -0.437 e. The molecule has 21 heavy (non-hydrogen) atoms. The van der Waals surface area contributed by atoms with Crippen molar-refractivity contribution < 1.29 is 4.74 Å². The third-order valence-electron chi connectivity index (χ3n) is 3.09. The Morgan fingerprint density at radius 3 is 2.52 bits per heavy atom. The molecule has 3 aromatic rings. The van der Waals surface area contributed by atoms with Gasteiger partial charge >= 0.3 is 0 Å². The van der Waals surface area contributed by atoms with Crippen molar-refractivity contribution in [2.45, 2.75) is 5.88 Å². The first-order valence-corrected chi connectivity index (χ1v) is 8.36. The predicted molar refractivity (Wildman–Crippen MR) is 93.2 cm³/mol. The van der Waals surface area contributed by atoms with Gasteiger partial charge in [0.15, 0.2) is 0 Å². The summed E-state index contributed by atoms with van der Waals surface area (Å²) in [7, 11) is 0. The van der Waals surface area contributed by atoms with Crippen molar-refractivity contribution >= 4 is 54.2 Å². The van der Waals surface area contributed by atoms with Gasteiger partial charge in [-0.05, 0) is 51.1 Å². The van der Waals surface area contributed by atoms with Crippen LogP contribution in [0, 0.1) is 0 Å². The van der Waals surface area contributed by atoms with Crippen LogP contribution in [-0.2, 0) is 5.88 Å². The van der Waals surface area contributed by atoms with Crippen LogP contribution in [0.3, 0.4) is 0 Å². The highest BCUT2D eigenvalue weighted by Gasteiger charge is 2.10. The number of nitrogens with zero attached hydrogens (tertiary/aromatic N) is 1. The molecule has 0 bridgehead atoms. The van der Waals surface area contributed by atoms with Gasteiger partial charge in [0.2, 0.25) is 5.88 Å². The van der Waals surface area contributed by atoms with E-state index in [0.717, 1.165) is 31.0 Å². The van der Waals surface area contributed by atoms with Crippen LogP contribution in [0.5, 0.6) is 11.6 Å². The van der Waals surface area contributed by atoms with E-state index < -0.39 is 0 Å². The molecule has 0 radical (unpaired) electrons. The van der Waals surface area contributed by atoms with Crippen LogP contribution in [0.15, 0.2) is 57.6 Å². The zero-order valence-corrected chi connectivity index (χ0v) is 14.7. The first-order valence-electron chi connectivity index (χ1n) is 6.24. The lowest BCUT2D eigenvalue weighted by Crippen LogP contribution is -1.93. The number of alkyl halides is 1. The summed E-state index contributed by atoms with van der Waals surface area (Å²) in [5, 5.41) is 2.01. The molecule has 5 heteroatoms. The maximum absolute atomic E-state index is 5.97. The van der Waals surface area contributed by atoms with E-state index in [9.17, 15) is 0 Å². The quantitative estimate of drug-likeness (QED) is 0.458. The Kier molecular flexibility index (Phi) is 4.48. The third-order valence-corrected chi connectivity index (χ3v) is 4.49. The molecule has 0 aliphatic rings. The van der Waals surface area contributed by atoms with Gasteiger partial charge in [0.1, 0.15) is 5.75 Å². The molecule has 0 amide bonds. The fourth-order valence-corrected chi connectivity index (χ4v) is 3.42. The molecule has 2 aromatic carbocycles. The summed E-state index contributed by atoms with van der Waals surface area (Å²) in [4.78, 5) is 4.40. The predicted octanol–water partition coefficient (Wildman–Crippen LogP) is 6.29. The van der Waals surface area contributed by atoms with Crippen LogP contribution in [0.4, 0.5) is 0 Å². The number of ether oxygens (including phenoxy) is 1. The average molecular weight is 428 g/mol. The maximum atomic E-state index is 5.97. The largest absolute Gasteiger partial charge is 0.437 e. The van der Waals surface area contributed by atoms with Gasteiger partial charge < -0.3 is 4.74 Å². The number of fused-ring (bicyclic) bond motifs is 1. The number of aromatic nitrogens is 1. The van der Waals surface area contributed by atoms with Crippen molar-refractivity contribution in [2.24, 2.45) is 0 Å². The van der Waals surface area contributed by atoms with E-state index in [1.807, 2.05) is 42.5 Å². The highest BCUT2D eigenvalue weighted by atomic mass is 79.9. The van der Waals surface area contributed by atoms with E-state index in [1.54, 1.807) is 6.20 Å². The van der Waals surface area contributed by atoms with E-state index in [4.69, 9.17) is 16.3 Å². The summed E-state index contributed by atoms with van der Waals surface area (Å²) >= 11 is 12.9. The zero-order valence-electron chi connectivity index (χ0n) is 10.8. The minimum atomic E-state index is 0.426. The second kappa shape index (κ2) is 6.34. The fourth-order valence-electron chi connectivity index (χ4n) is 2.08. The van der Waals surface area contributed by atoms with Crippen molar-refractivity contribution in [1.82, 2.24) is 4.98 Å². The molecule has 0 N–H and O–H groups in total. The van der Waals surface area contributed by atoms with Gasteiger partial charge in [-0.3, -0.25) is 0 Å². The molecule has 0 saturated carbocycles. The van der Waals surface area contributed by atoms with Crippen LogP contribution in [0.2, 0.25) is 0 Å². The number of hydrogen-bond acceptors (Lipinski definition) is 2. The number of rotatable bonds is 3. The van der Waals surface area contributed by atoms with Crippen LogP contribution in [-0.4, -0.2) is 4.98 Å². The van der Waals surface area contributed by atoms with Crippen molar-refractivity contribution in [3.63, 3.8) is 0 Å². The number of hydrogen-bond donors (Lipinski definition) is 0. The zero-order chi connectivity index (χ0) is 14.8. The summed E-state index contributed by atoms with van der Waals surface area (Å²) in [6, 6.07) is 13.7. The molecular weight excluding hydrogens is 417 g/mol. The first-order chi connectivity index (χ1) is 10.2. The lowest BCUT2D eigenvalue weighted by Gasteiger charge is -2.11. The van der Waals surface area contributed by atoms with Gasteiger partial charge in [-0.1, -0.05) is 34.1 Å². The fraction of sp³-hybridized carbons (Fsp3) is 0.0625. The summed E-state index contributed by atoms with van der Waals surface area (Å²) in [6.45, 7) is 0. The maximum Gasteiger partial charge on any atom is 0.227 e. The topological polar surface area (TPSA) is 22.1 Å². The molecule has 0 aliphatic carbocycles. The monoisotopic (exact) mass is 425 g/mol. The molecule has 0 spiro atoms. The molecule has 106 valence electrons. The highest BCUT2D eigenvalue weighted by molar-refractivity contribution is 9.11. The van der Waals surface area contributed by atoms with Gasteiger partial charge in [-0.2, -0.15) is 0 Å². The second-order valence-corrected chi connectivity index (χ2v) is 6.48. The molecule has 1 heterocycles. The summed E-state index contributed by atoms with van der Waals surface area (Å²) < 4.78 is 7.80. The molecule has 3 rings (SSSR count). The van der Waals surface area contributed by atoms with Crippen molar-refractivity contribution in [1.29, 1.82) is 0 Å². The van der Waals surface area contributed by atoms with Crippen LogP contribution in [0.25, 0.3) is 10.8 Å². The molecule has 0 unspecified atom stereocenters. The van der Waals surface area contributed by atoms with Crippen molar-refractivity contribution in [3.05, 3.63) is 63.2 Å². The van der Waals surface area contributed by atoms with Crippen LogP contribution < -0.4 is 4.74 Å². The molecule has 0 atom stereocenters. The molecule has 0 saturated heterocycles. The van der Waals surface area contributed by atoms with Crippen LogP contribution in [0.1, 0.15) is 5.56 Å².